The Morgan fingerprint density at radius 2 is 1.73 bits per heavy atom. The molecule has 1 aliphatic heterocycles. The Balaban J connectivity index is 1.22. The van der Waals surface area contributed by atoms with E-state index >= 15 is 0 Å². The van der Waals surface area contributed by atoms with Gasteiger partial charge in [-0.3, -0.25) is 14.6 Å². The van der Waals surface area contributed by atoms with Crippen LogP contribution in [0.2, 0.25) is 0 Å². The van der Waals surface area contributed by atoms with Crippen LogP contribution in [0, 0.1) is 5.82 Å². The van der Waals surface area contributed by atoms with Gasteiger partial charge in [0.25, 0.3) is 0 Å². The highest BCUT2D eigenvalue weighted by molar-refractivity contribution is 5.92. The molecule has 2 aromatic carbocycles. The first-order valence-electron chi connectivity index (χ1n) is 10.2. The number of aromatic nitrogens is 2. The lowest BCUT2D eigenvalue weighted by Gasteiger charge is -2.34. The monoisotopic (exact) mass is 407 g/mol. The van der Waals surface area contributed by atoms with Gasteiger partial charge in [0.05, 0.1) is 6.54 Å². The van der Waals surface area contributed by atoms with Crippen molar-refractivity contribution in [1.29, 1.82) is 0 Å². The highest BCUT2D eigenvalue weighted by Gasteiger charge is 2.19. The van der Waals surface area contributed by atoms with Crippen LogP contribution in [0.1, 0.15) is 0 Å². The minimum absolute atomic E-state index is 0.111. The average molecular weight is 407 g/mol. The second-order valence-corrected chi connectivity index (χ2v) is 7.49. The van der Waals surface area contributed by atoms with Crippen LogP contribution in [-0.2, 0) is 11.3 Å². The van der Waals surface area contributed by atoms with Crippen LogP contribution in [0.3, 0.4) is 0 Å². The van der Waals surface area contributed by atoms with E-state index < -0.39 is 0 Å². The van der Waals surface area contributed by atoms with Crippen molar-refractivity contribution in [2.75, 3.05) is 44.6 Å². The molecule has 1 N–H and O–H groups in total. The van der Waals surface area contributed by atoms with Gasteiger partial charge in [-0.1, -0.05) is 36.4 Å². The molecule has 6 nitrogen and oxygen atoms in total. The number of carbonyl (C=O) groups excluding carboxylic acids is 1. The van der Waals surface area contributed by atoms with Crippen molar-refractivity contribution in [2.24, 2.45) is 0 Å². The minimum Gasteiger partial charge on any atom is -0.330 e. The van der Waals surface area contributed by atoms with E-state index in [2.05, 4.69) is 36.8 Å². The van der Waals surface area contributed by atoms with Gasteiger partial charge >= 0.3 is 0 Å². The number of hydrogen-bond donors (Lipinski definition) is 1. The number of carbonyl (C=O) groups is 1. The molecule has 2 heterocycles. The number of benzene rings is 2. The highest BCUT2D eigenvalue weighted by Crippen LogP contribution is 2.17. The van der Waals surface area contributed by atoms with Crippen LogP contribution in [0.15, 0.2) is 67.0 Å². The molecule has 1 saturated heterocycles. The predicted octanol–water partition coefficient (Wildman–Crippen LogP) is 2.95. The Bertz CT molecular complexity index is 966. The van der Waals surface area contributed by atoms with E-state index in [1.165, 1.54) is 12.1 Å². The largest absolute Gasteiger partial charge is 0.330 e. The van der Waals surface area contributed by atoms with E-state index in [4.69, 9.17) is 0 Å². The van der Waals surface area contributed by atoms with Crippen molar-refractivity contribution in [3.8, 4) is 11.4 Å². The van der Waals surface area contributed by atoms with Gasteiger partial charge in [0.15, 0.2) is 0 Å². The lowest BCUT2D eigenvalue weighted by atomic mass is 10.2. The number of halogens is 1. The van der Waals surface area contributed by atoms with E-state index in [0.29, 0.717) is 12.2 Å². The SMILES string of the molecule is O=C(CN1CCN(CCn2ccnc2-c2ccccc2)CC1)Nc1cccc(F)c1. The first-order valence-corrected chi connectivity index (χ1v) is 10.2. The predicted molar refractivity (Wildman–Crippen MR) is 116 cm³/mol. The Kier molecular flexibility index (Phi) is 6.51. The maximum absolute atomic E-state index is 13.2. The van der Waals surface area contributed by atoms with Gasteiger partial charge in [-0.2, -0.15) is 0 Å². The number of amides is 1. The van der Waals surface area contributed by atoms with E-state index in [0.717, 1.165) is 50.7 Å². The van der Waals surface area contributed by atoms with Crippen molar-refractivity contribution in [2.45, 2.75) is 6.54 Å². The normalized spacial score (nSPS) is 15.2. The van der Waals surface area contributed by atoms with Crippen molar-refractivity contribution in [3.63, 3.8) is 0 Å². The van der Waals surface area contributed by atoms with Gasteiger partial charge < -0.3 is 9.88 Å². The molecule has 0 radical (unpaired) electrons. The molecule has 1 amide bonds. The number of anilines is 1. The maximum atomic E-state index is 13.2. The molecule has 1 aliphatic rings. The Morgan fingerprint density at radius 1 is 0.967 bits per heavy atom. The fourth-order valence-corrected chi connectivity index (χ4v) is 3.73. The molecule has 7 heteroatoms. The zero-order valence-corrected chi connectivity index (χ0v) is 16.9. The summed E-state index contributed by atoms with van der Waals surface area (Å²) in [6, 6.07) is 16.2. The Hall–Kier alpha value is -3.03. The van der Waals surface area contributed by atoms with Gasteiger partial charge in [-0.05, 0) is 18.2 Å². The summed E-state index contributed by atoms with van der Waals surface area (Å²) in [5, 5.41) is 2.76. The van der Waals surface area contributed by atoms with Gasteiger partial charge in [0.1, 0.15) is 11.6 Å². The Labute approximate surface area is 175 Å². The molecule has 0 saturated carbocycles. The molecular weight excluding hydrogens is 381 g/mol. The third-order valence-electron chi connectivity index (χ3n) is 5.35. The molecule has 0 atom stereocenters. The summed E-state index contributed by atoms with van der Waals surface area (Å²) in [6.07, 6.45) is 3.87. The molecule has 3 aromatic rings. The number of nitrogens with one attached hydrogen (secondary N) is 1. The highest BCUT2D eigenvalue weighted by atomic mass is 19.1. The standard InChI is InChI=1S/C23H26FN5O/c24-20-7-4-8-21(17-20)26-22(30)18-28-13-11-27(12-14-28)15-16-29-10-9-25-23(29)19-5-2-1-3-6-19/h1-10,17H,11-16,18H2,(H,26,30). The van der Waals surface area contributed by atoms with Crippen molar-refractivity contribution >= 4 is 11.6 Å². The summed E-state index contributed by atoms with van der Waals surface area (Å²) in [5.41, 5.74) is 1.62. The molecule has 30 heavy (non-hydrogen) atoms. The number of imidazole rings is 1. The summed E-state index contributed by atoms with van der Waals surface area (Å²) < 4.78 is 15.4. The summed E-state index contributed by atoms with van der Waals surface area (Å²) in [5.74, 6) is 0.526. The van der Waals surface area contributed by atoms with E-state index in [1.807, 2.05) is 30.6 Å². The summed E-state index contributed by atoms with van der Waals surface area (Å²) in [6.45, 7) is 5.66. The number of nitrogens with zero attached hydrogens (tertiary/aromatic N) is 4. The molecule has 0 spiro atoms. The van der Waals surface area contributed by atoms with Crippen molar-refractivity contribution in [3.05, 3.63) is 72.8 Å². The molecule has 1 fully saturated rings. The fraction of sp³-hybridized carbons (Fsp3) is 0.304. The third-order valence-corrected chi connectivity index (χ3v) is 5.35. The molecule has 0 unspecified atom stereocenters. The van der Waals surface area contributed by atoms with E-state index in [1.54, 1.807) is 12.1 Å². The van der Waals surface area contributed by atoms with Crippen LogP contribution in [0.5, 0.6) is 0 Å². The zero-order chi connectivity index (χ0) is 20.8. The Morgan fingerprint density at radius 3 is 2.50 bits per heavy atom. The third kappa shape index (κ3) is 5.31. The van der Waals surface area contributed by atoms with Gasteiger partial charge in [-0.15, -0.1) is 0 Å². The number of piperazine rings is 1. The first kappa shape index (κ1) is 20.3. The van der Waals surface area contributed by atoms with Gasteiger partial charge in [0.2, 0.25) is 5.91 Å². The van der Waals surface area contributed by atoms with Crippen LogP contribution in [-0.4, -0.2) is 64.5 Å². The van der Waals surface area contributed by atoms with E-state index in [9.17, 15) is 9.18 Å². The molecular formula is C23H26FN5O. The van der Waals surface area contributed by atoms with Crippen LogP contribution >= 0.6 is 0 Å². The first-order chi connectivity index (χ1) is 14.7. The fourth-order valence-electron chi connectivity index (χ4n) is 3.73. The summed E-state index contributed by atoms with van der Waals surface area (Å²) in [4.78, 5) is 21.3. The lowest BCUT2D eigenvalue weighted by Crippen LogP contribution is -2.49. The second-order valence-electron chi connectivity index (χ2n) is 7.49. The van der Waals surface area contributed by atoms with Crippen LogP contribution in [0.25, 0.3) is 11.4 Å². The van der Waals surface area contributed by atoms with Crippen LogP contribution < -0.4 is 5.32 Å². The maximum Gasteiger partial charge on any atom is 0.238 e. The lowest BCUT2D eigenvalue weighted by molar-refractivity contribution is -0.117. The van der Waals surface area contributed by atoms with Crippen LogP contribution in [0.4, 0.5) is 10.1 Å². The zero-order valence-electron chi connectivity index (χ0n) is 16.9. The second kappa shape index (κ2) is 9.65. The van der Waals surface area contributed by atoms with Gasteiger partial charge in [-0.25, -0.2) is 9.37 Å². The topological polar surface area (TPSA) is 53.4 Å². The molecule has 0 bridgehead atoms. The molecule has 0 aliphatic carbocycles. The number of rotatable bonds is 7. The average Bonchev–Trinajstić information content (AvgIpc) is 3.22. The summed E-state index contributed by atoms with van der Waals surface area (Å²) >= 11 is 0. The molecule has 1 aromatic heterocycles. The van der Waals surface area contributed by atoms with E-state index in [-0.39, 0.29) is 11.7 Å². The smallest absolute Gasteiger partial charge is 0.238 e. The van der Waals surface area contributed by atoms with Crippen molar-refractivity contribution in [1.82, 2.24) is 19.4 Å². The molecule has 4 rings (SSSR count). The molecule has 156 valence electrons. The number of hydrogen-bond acceptors (Lipinski definition) is 4. The van der Waals surface area contributed by atoms with Gasteiger partial charge in [0, 0.05) is 62.9 Å². The minimum atomic E-state index is -0.352. The summed E-state index contributed by atoms with van der Waals surface area (Å²) in [7, 11) is 0. The quantitative estimate of drug-likeness (QED) is 0.654. The van der Waals surface area contributed by atoms with Crippen molar-refractivity contribution < 1.29 is 9.18 Å².